The largest absolute Gasteiger partial charge is 0.492 e. The molecule has 0 unspecified atom stereocenters. The predicted octanol–water partition coefficient (Wildman–Crippen LogP) is 2.55. The normalized spacial score (nSPS) is 15.7. The molecule has 1 aliphatic heterocycles. The molecule has 3 rings (SSSR count). The molecule has 0 amide bonds. The smallest absolute Gasteiger partial charge is 0.213 e. The van der Waals surface area contributed by atoms with Crippen LogP contribution in [0.25, 0.3) is 0 Å². The van der Waals surface area contributed by atoms with Crippen molar-refractivity contribution in [1.29, 1.82) is 0 Å². The number of rotatable bonds is 8. The summed E-state index contributed by atoms with van der Waals surface area (Å²) in [4.78, 5) is 11.0. The molecule has 0 saturated carbocycles. The fraction of sp³-hybridized carbons (Fsp3) is 0.565. The number of hydrogen-bond donors (Lipinski definition) is 2. The topological polar surface area (TPSA) is 84.2 Å². The molecule has 0 aliphatic carbocycles. The second-order valence-electron chi connectivity index (χ2n) is 8.56. The van der Waals surface area contributed by atoms with Gasteiger partial charge in [0.15, 0.2) is 5.96 Å². The van der Waals surface area contributed by atoms with Crippen molar-refractivity contribution in [2.75, 3.05) is 46.5 Å². The van der Waals surface area contributed by atoms with E-state index in [4.69, 9.17) is 13.9 Å². The molecule has 0 bridgehead atoms. The third kappa shape index (κ3) is 7.25. The second kappa shape index (κ2) is 11.2. The summed E-state index contributed by atoms with van der Waals surface area (Å²) < 4.78 is 17.3. The number of benzene rings is 1. The van der Waals surface area contributed by atoms with Gasteiger partial charge in [-0.05, 0) is 6.07 Å². The van der Waals surface area contributed by atoms with Gasteiger partial charge in [-0.2, -0.15) is 0 Å². The summed E-state index contributed by atoms with van der Waals surface area (Å²) in [5.74, 6) is 3.08. The Labute approximate surface area is 185 Å². The number of ether oxygens (including phenoxy) is 2. The van der Waals surface area contributed by atoms with Crippen LogP contribution in [0, 0.1) is 0 Å². The Kier molecular flexibility index (Phi) is 8.31. The molecule has 170 valence electrons. The highest BCUT2D eigenvalue weighted by Gasteiger charge is 2.19. The molecule has 2 N–H and O–H groups in total. The first-order valence-electron chi connectivity index (χ1n) is 10.9. The summed E-state index contributed by atoms with van der Waals surface area (Å²) in [6, 6.07) is 8.08. The van der Waals surface area contributed by atoms with Crippen LogP contribution in [-0.2, 0) is 23.2 Å². The van der Waals surface area contributed by atoms with Crippen LogP contribution >= 0.6 is 0 Å². The number of morpholine rings is 1. The van der Waals surface area contributed by atoms with E-state index < -0.39 is 0 Å². The molecule has 1 saturated heterocycles. The molecule has 1 aromatic carbocycles. The first-order valence-corrected chi connectivity index (χ1v) is 10.9. The Bertz CT molecular complexity index is 838. The Morgan fingerprint density at radius 3 is 2.61 bits per heavy atom. The van der Waals surface area contributed by atoms with Crippen LogP contribution in [0.2, 0.25) is 0 Å². The quantitative estimate of drug-likeness (QED) is 0.493. The third-order valence-electron chi connectivity index (χ3n) is 5.11. The number of aromatic nitrogens is 1. The number of nitrogens with one attached hydrogen (secondary N) is 2. The van der Waals surface area contributed by atoms with Crippen molar-refractivity contribution in [2.45, 2.75) is 39.3 Å². The van der Waals surface area contributed by atoms with Crippen molar-refractivity contribution < 1.29 is 13.9 Å². The number of guanidine groups is 1. The van der Waals surface area contributed by atoms with Crippen molar-refractivity contribution in [2.24, 2.45) is 4.99 Å². The molecule has 1 aliphatic rings. The van der Waals surface area contributed by atoms with Crippen molar-refractivity contribution in [3.8, 4) is 5.75 Å². The van der Waals surface area contributed by atoms with Crippen LogP contribution in [0.4, 0.5) is 0 Å². The van der Waals surface area contributed by atoms with E-state index in [0.29, 0.717) is 31.5 Å². The highest BCUT2D eigenvalue weighted by molar-refractivity contribution is 5.79. The van der Waals surface area contributed by atoms with Gasteiger partial charge in [-0.1, -0.05) is 39.0 Å². The number of oxazole rings is 1. The van der Waals surface area contributed by atoms with Crippen LogP contribution in [-0.4, -0.2) is 62.3 Å². The maximum Gasteiger partial charge on any atom is 0.213 e. The van der Waals surface area contributed by atoms with Crippen LogP contribution < -0.4 is 15.4 Å². The van der Waals surface area contributed by atoms with Gasteiger partial charge in [0, 0.05) is 44.2 Å². The van der Waals surface area contributed by atoms with Crippen molar-refractivity contribution in [3.05, 3.63) is 47.7 Å². The van der Waals surface area contributed by atoms with E-state index in [2.05, 4.69) is 52.3 Å². The van der Waals surface area contributed by atoms with Gasteiger partial charge in [0.2, 0.25) is 5.89 Å². The van der Waals surface area contributed by atoms with Gasteiger partial charge in [-0.15, -0.1) is 0 Å². The Morgan fingerprint density at radius 2 is 1.90 bits per heavy atom. The van der Waals surface area contributed by atoms with Crippen molar-refractivity contribution in [3.63, 3.8) is 0 Å². The van der Waals surface area contributed by atoms with Gasteiger partial charge in [0.25, 0.3) is 0 Å². The van der Waals surface area contributed by atoms with Crippen LogP contribution in [0.3, 0.4) is 0 Å². The lowest BCUT2D eigenvalue weighted by molar-refractivity contribution is 0.0322. The molecule has 1 fully saturated rings. The minimum Gasteiger partial charge on any atom is -0.492 e. The Balaban J connectivity index is 1.47. The minimum absolute atomic E-state index is 0.0589. The Hall–Kier alpha value is -2.58. The number of nitrogens with zero attached hydrogens (tertiary/aromatic N) is 3. The van der Waals surface area contributed by atoms with E-state index in [1.165, 1.54) is 0 Å². The summed E-state index contributed by atoms with van der Waals surface area (Å²) in [5.41, 5.74) is 1.02. The van der Waals surface area contributed by atoms with Gasteiger partial charge in [-0.3, -0.25) is 9.89 Å². The lowest BCUT2D eigenvalue weighted by atomic mass is 9.94. The molecule has 0 spiro atoms. The highest BCUT2D eigenvalue weighted by Crippen LogP contribution is 2.22. The van der Waals surface area contributed by atoms with E-state index in [0.717, 1.165) is 49.9 Å². The standard InChI is InChI=1S/C23H35N5O3/c1-23(2,3)20-16-25-21(31-20)17-27-22(24-4)26-15-18-7-5-6-8-19(18)30-14-11-28-9-12-29-13-10-28/h5-8,16H,9-15,17H2,1-4H3,(H2,24,26,27). The maximum atomic E-state index is 6.06. The zero-order valence-corrected chi connectivity index (χ0v) is 19.1. The first kappa shape index (κ1) is 23.1. The zero-order chi connectivity index (χ0) is 22.1. The lowest BCUT2D eigenvalue weighted by Crippen LogP contribution is -2.38. The van der Waals surface area contributed by atoms with Crippen molar-refractivity contribution in [1.82, 2.24) is 20.5 Å². The third-order valence-corrected chi connectivity index (χ3v) is 5.11. The minimum atomic E-state index is -0.0589. The highest BCUT2D eigenvalue weighted by atomic mass is 16.5. The maximum absolute atomic E-state index is 6.06. The van der Waals surface area contributed by atoms with E-state index in [1.54, 1.807) is 13.2 Å². The van der Waals surface area contributed by atoms with Crippen LogP contribution in [0.5, 0.6) is 5.75 Å². The first-order chi connectivity index (χ1) is 15.0. The summed E-state index contributed by atoms with van der Waals surface area (Å²) in [6.45, 7) is 12.5. The molecule has 8 heteroatoms. The van der Waals surface area contributed by atoms with Gasteiger partial charge in [-0.25, -0.2) is 4.98 Å². The molecule has 2 heterocycles. The molecular weight excluding hydrogens is 394 g/mol. The monoisotopic (exact) mass is 429 g/mol. The SMILES string of the molecule is CN=C(NCc1ncc(C(C)(C)C)o1)NCc1ccccc1OCCN1CCOCC1. The molecular formula is C23H35N5O3. The number of para-hydroxylation sites is 1. The van der Waals surface area contributed by atoms with Crippen molar-refractivity contribution >= 4 is 5.96 Å². The van der Waals surface area contributed by atoms with E-state index in [-0.39, 0.29) is 5.41 Å². The predicted molar refractivity (Wildman–Crippen MR) is 121 cm³/mol. The molecule has 31 heavy (non-hydrogen) atoms. The van der Waals surface area contributed by atoms with Gasteiger partial charge in [0.05, 0.1) is 26.0 Å². The van der Waals surface area contributed by atoms with Gasteiger partial charge in [0.1, 0.15) is 18.1 Å². The fourth-order valence-electron chi connectivity index (χ4n) is 3.20. The number of hydrogen-bond acceptors (Lipinski definition) is 6. The zero-order valence-electron chi connectivity index (χ0n) is 19.1. The molecule has 0 atom stereocenters. The molecule has 8 nitrogen and oxygen atoms in total. The van der Waals surface area contributed by atoms with Gasteiger partial charge < -0.3 is 24.5 Å². The average molecular weight is 430 g/mol. The lowest BCUT2D eigenvalue weighted by Gasteiger charge is -2.26. The Morgan fingerprint density at radius 1 is 1.16 bits per heavy atom. The van der Waals surface area contributed by atoms with Crippen LogP contribution in [0.15, 0.2) is 39.9 Å². The molecule has 1 aromatic heterocycles. The second-order valence-corrected chi connectivity index (χ2v) is 8.56. The summed E-state index contributed by atoms with van der Waals surface area (Å²) >= 11 is 0. The summed E-state index contributed by atoms with van der Waals surface area (Å²) in [6.07, 6.45) is 1.79. The average Bonchev–Trinajstić information content (AvgIpc) is 3.25. The van der Waals surface area contributed by atoms with Gasteiger partial charge >= 0.3 is 0 Å². The van der Waals surface area contributed by atoms with E-state index in [9.17, 15) is 0 Å². The summed E-state index contributed by atoms with van der Waals surface area (Å²) in [5, 5.41) is 6.59. The fourth-order valence-corrected chi connectivity index (χ4v) is 3.20. The number of aliphatic imine (C=N–C) groups is 1. The summed E-state index contributed by atoms with van der Waals surface area (Å²) in [7, 11) is 1.75. The molecule has 2 aromatic rings. The van der Waals surface area contributed by atoms with E-state index >= 15 is 0 Å². The van der Waals surface area contributed by atoms with E-state index in [1.807, 2.05) is 18.2 Å². The molecule has 0 radical (unpaired) electrons. The van der Waals surface area contributed by atoms with Crippen LogP contribution in [0.1, 0.15) is 38.0 Å².